The minimum Gasteiger partial charge on any atom is -0.484 e. The Bertz CT molecular complexity index is 997. The number of rotatable bonds is 9. The minimum absolute atomic E-state index is 0.121. The van der Waals surface area contributed by atoms with Crippen molar-refractivity contribution in [2.75, 3.05) is 6.61 Å². The van der Waals surface area contributed by atoms with Crippen LogP contribution in [0.4, 0.5) is 0 Å². The predicted molar refractivity (Wildman–Crippen MR) is 141 cm³/mol. The van der Waals surface area contributed by atoms with Crippen molar-refractivity contribution in [2.24, 2.45) is 0 Å². The highest BCUT2D eigenvalue weighted by Crippen LogP contribution is 2.29. The van der Waals surface area contributed by atoms with Gasteiger partial charge in [0.1, 0.15) is 11.8 Å². The number of nitrogens with one attached hydrogen (secondary N) is 1. The monoisotopic (exact) mass is 568 g/mol. The van der Waals surface area contributed by atoms with Crippen LogP contribution in [0.25, 0.3) is 0 Å². The van der Waals surface area contributed by atoms with Crippen molar-refractivity contribution >= 4 is 50.9 Å². The van der Waals surface area contributed by atoms with Gasteiger partial charge in [-0.1, -0.05) is 65.0 Å². The largest absolute Gasteiger partial charge is 0.484 e. The molecule has 0 aromatic heterocycles. The van der Waals surface area contributed by atoms with E-state index in [1.54, 1.807) is 18.2 Å². The van der Waals surface area contributed by atoms with Gasteiger partial charge < -0.3 is 15.0 Å². The average molecular weight is 570 g/mol. The third kappa shape index (κ3) is 6.67. The lowest BCUT2D eigenvalue weighted by atomic mass is 10.1. The Hall–Kier alpha value is -1.76. The van der Waals surface area contributed by atoms with E-state index in [0.29, 0.717) is 27.8 Å². The van der Waals surface area contributed by atoms with Gasteiger partial charge >= 0.3 is 0 Å². The predicted octanol–water partition coefficient (Wildman–Crippen LogP) is 6.62. The van der Waals surface area contributed by atoms with E-state index < -0.39 is 6.04 Å². The third-order valence-electron chi connectivity index (χ3n) is 6.25. The van der Waals surface area contributed by atoms with Gasteiger partial charge in [-0.3, -0.25) is 9.59 Å². The van der Waals surface area contributed by atoms with E-state index in [1.807, 2.05) is 32.9 Å². The van der Waals surface area contributed by atoms with Gasteiger partial charge in [0.15, 0.2) is 6.61 Å². The molecule has 1 fully saturated rings. The number of amides is 2. The number of halogens is 3. The summed E-state index contributed by atoms with van der Waals surface area (Å²) in [4.78, 5) is 28.2. The summed E-state index contributed by atoms with van der Waals surface area (Å²) in [5, 5.41) is 4.04. The van der Waals surface area contributed by atoms with Gasteiger partial charge in [-0.15, -0.1) is 0 Å². The molecular weight excluding hydrogens is 539 g/mol. The maximum atomic E-state index is 13.4. The lowest BCUT2D eigenvalue weighted by Gasteiger charge is -2.32. The first-order valence-electron chi connectivity index (χ1n) is 11.6. The number of aryl methyl sites for hydroxylation is 2. The number of nitrogens with zero attached hydrogens (tertiary/aromatic N) is 1. The SMILES string of the molecule is CC[C@H](C(=O)NC1CCCC1)N(Cc1c(Cl)cccc1Cl)C(=O)COc1cc(C)c(Br)c(C)c1. The van der Waals surface area contributed by atoms with Gasteiger partial charge in [0.2, 0.25) is 5.91 Å². The van der Waals surface area contributed by atoms with Gasteiger partial charge in [0.05, 0.1) is 0 Å². The first-order chi connectivity index (χ1) is 16.2. The fourth-order valence-corrected chi connectivity index (χ4v) is 5.10. The maximum absolute atomic E-state index is 13.4. The number of ether oxygens (including phenoxy) is 1. The van der Waals surface area contributed by atoms with E-state index in [9.17, 15) is 9.59 Å². The first-order valence-corrected chi connectivity index (χ1v) is 13.2. The highest BCUT2D eigenvalue weighted by molar-refractivity contribution is 9.10. The van der Waals surface area contributed by atoms with Crippen LogP contribution in [0, 0.1) is 13.8 Å². The molecule has 34 heavy (non-hydrogen) atoms. The molecule has 0 aliphatic heterocycles. The van der Waals surface area contributed by atoms with Crippen molar-refractivity contribution in [3.8, 4) is 5.75 Å². The number of hydrogen-bond acceptors (Lipinski definition) is 3. The lowest BCUT2D eigenvalue weighted by molar-refractivity contribution is -0.143. The fraction of sp³-hybridized carbons (Fsp3) is 0.462. The zero-order valence-corrected chi connectivity index (χ0v) is 22.9. The van der Waals surface area contributed by atoms with E-state index in [0.717, 1.165) is 41.3 Å². The van der Waals surface area contributed by atoms with Crippen LogP contribution in [0.1, 0.15) is 55.7 Å². The quantitative estimate of drug-likeness (QED) is 0.369. The number of carbonyl (C=O) groups is 2. The molecule has 0 bridgehead atoms. The molecule has 1 N–H and O–H groups in total. The molecule has 2 aromatic rings. The summed E-state index contributed by atoms with van der Waals surface area (Å²) in [6.07, 6.45) is 4.62. The molecular formula is C26H31BrCl2N2O3. The van der Waals surface area contributed by atoms with Gasteiger partial charge in [0, 0.05) is 32.7 Å². The molecule has 2 aromatic carbocycles. The summed E-state index contributed by atoms with van der Waals surface area (Å²) < 4.78 is 6.87. The van der Waals surface area contributed by atoms with Crippen molar-refractivity contribution in [1.82, 2.24) is 10.2 Å². The van der Waals surface area contributed by atoms with Crippen molar-refractivity contribution in [1.29, 1.82) is 0 Å². The number of hydrogen-bond donors (Lipinski definition) is 1. The second-order valence-electron chi connectivity index (χ2n) is 8.80. The lowest BCUT2D eigenvalue weighted by Crippen LogP contribution is -2.52. The minimum atomic E-state index is -0.655. The second-order valence-corrected chi connectivity index (χ2v) is 10.4. The van der Waals surface area contributed by atoms with Crippen LogP contribution in [-0.2, 0) is 16.1 Å². The summed E-state index contributed by atoms with van der Waals surface area (Å²) in [6, 6.07) is 8.48. The summed E-state index contributed by atoms with van der Waals surface area (Å²) in [7, 11) is 0. The molecule has 184 valence electrons. The zero-order chi connectivity index (χ0) is 24.8. The Labute approximate surface area is 220 Å². The van der Waals surface area contributed by atoms with Crippen molar-refractivity contribution in [3.05, 3.63) is 61.5 Å². The molecule has 1 saturated carbocycles. The van der Waals surface area contributed by atoms with Crippen LogP contribution in [0.15, 0.2) is 34.8 Å². The second kappa shape index (κ2) is 12.3. The maximum Gasteiger partial charge on any atom is 0.261 e. The van der Waals surface area contributed by atoms with E-state index in [2.05, 4.69) is 21.2 Å². The molecule has 1 atom stereocenters. The third-order valence-corrected chi connectivity index (χ3v) is 8.21. The standard InChI is InChI=1S/C26H31BrCl2N2O3/c1-4-23(26(33)30-18-8-5-6-9-18)31(14-20-21(28)10-7-11-22(20)29)24(32)15-34-19-12-16(2)25(27)17(3)13-19/h7,10-13,18,23H,4-6,8-9,14-15H2,1-3H3,(H,30,33)/t23-/m1/s1. The van der Waals surface area contributed by atoms with Crippen LogP contribution in [-0.4, -0.2) is 35.4 Å². The van der Waals surface area contributed by atoms with Crippen LogP contribution >= 0.6 is 39.1 Å². The Morgan fingerprint density at radius 3 is 2.29 bits per heavy atom. The van der Waals surface area contributed by atoms with E-state index in [4.69, 9.17) is 27.9 Å². The van der Waals surface area contributed by atoms with Gasteiger partial charge in [-0.05, 0) is 68.5 Å². The summed E-state index contributed by atoms with van der Waals surface area (Å²) in [5.41, 5.74) is 2.65. The van der Waals surface area contributed by atoms with Gasteiger partial charge in [-0.25, -0.2) is 0 Å². The Morgan fingerprint density at radius 2 is 1.74 bits per heavy atom. The van der Waals surface area contributed by atoms with Crippen LogP contribution in [0.2, 0.25) is 10.0 Å². The average Bonchev–Trinajstić information content (AvgIpc) is 3.30. The van der Waals surface area contributed by atoms with Gasteiger partial charge in [0.25, 0.3) is 5.91 Å². The van der Waals surface area contributed by atoms with E-state index in [-0.39, 0.29) is 31.0 Å². The summed E-state index contributed by atoms with van der Waals surface area (Å²) in [5.74, 6) is 0.148. The first kappa shape index (κ1) is 26.8. The molecule has 3 rings (SSSR count). The van der Waals surface area contributed by atoms with Crippen molar-refractivity contribution < 1.29 is 14.3 Å². The smallest absolute Gasteiger partial charge is 0.261 e. The molecule has 5 nitrogen and oxygen atoms in total. The molecule has 0 saturated heterocycles. The van der Waals surface area contributed by atoms with Crippen LogP contribution in [0.5, 0.6) is 5.75 Å². The normalized spacial score (nSPS) is 14.6. The zero-order valence-electron chi connectivity index (χ0n) is 19.8. The van der Waals surface area contributed by atoms with Crippen molar-refractivity contribution in [2.45, 2.75) is 71.5 Å². The highest BCUT2D eigenvalue weighted by atomic mass is 79.9. The molecule has 1 aliphatic carbocycles. The van der Waals surface area contributed by atoms with Crippen LogP contribution < -0.4 is 10.1 Å². The molecule has 0 heterocycles. The van der Waals surface area contributed by atoms with Gasteiger partial charge in [-0.2, -0.15) is 0 Å². The molecule has 0 unspecified atom stereocenters. The van der Waals surface area contributed by atoms with Crippen molar-refractivity contribution in [3.63, 3.8) is 0 Å². The van der Waals surface area contributed by atoms with Crippen LogP contribution in [0.3, 0.4) is 0 Å². The summed E-state index contributed by atoms with van der Waals surface area (Å²) >= 11 is 16.4. The fourth-order valence-electron chi connectivity index (χ4n) is 4.36. The molecule has 1 aliphatic rings. The molecule has 0 radical (unpaired) electrons. The molecule has 2 amide bonds. The highest BCUT2D eigenvalue weighted by Gasteiger charge is 2.31. The Kier molecular flexibility index (Phi) is 9.69. The number of benzene rings is 2. The Balaban J connectivity index is 1.83. The van der Waals surface area contributed by atoms with E-state index in [1.165, 1.54) is 4.90 Å². The summed E-state index contributed by atoms with van der Waals surface area (Å²) in [6.45, 7) is 5.76. The van der Waals surface area contributed by atoms with E-state index >= 15 is 0 Å². The number of carbonyl (C=O) groups excluding carboxylic acids is 2. The Morgan fingerprint density at radius 1 is 1.15 bits per heavy atom. The topological polar surface area (TPSA) is 58.6 Å². The molecule has 0 spiro atoms. The molecule has 8 heteroatoms.